The van der Waals surface area contributed by atoms with Crippen molar-refractivity contribution in [2.75, 3.05) is 7.05 Å². The summed E-state index contributed by atoms with van der Waals surface area (Å²) >= 11 is 0. The van der Waals surface area contributed by atoms with Gasteiger partial charge < -0.3 is 11.1 Å². The molecular formula is C15H32N2O2. The van der Waals surface area contributed by atoms with Crippen LogP contribution in [-0.4, -0.2) is 18.9 Å². The molecule has 0 aliphatic heterocycles. The summed E-state index contributed by atoms with van der Waals surface area (Å²) in [4.78, 5) is 23.9. The van der Waals surface area contributed by atoms with E-state index < -0.39 is 11.3 Å². The van der Waals surface area contributed by atoms with Gasteiger partial charge in [0.15, 0.2) is 0 Å². The second kappa shape index (κ2) is 8.18. The van der Waals surface area contributed by atoms with Gasteiger partial charge in [0.2, 0.25) is 11.8 Å². The maximum absolute atomic E-state index is 12.1. The lowest BCUT2D eigenvalue weighted by Crippen LogP contribution is -2.53. The molecule has 0 saturated heterocycles. The molecule has 4 heteroatoms. The lowest BCUT2D eigenvalue weighted by Gasteiger charge is -2.43. The third-order valence-corrected chi connectivity index (χ3v) is 3.68. The average molecular weight is 272 g/mol. The fourth-order valence-electron chi connectivity index (χ4n) is 2.77. The Kier molecular flexibility index (Phi) is 8.72. The van der Waals surface area contributed by atoms with Crippen molar-refractivity contribution in [2.45, 2.75) is 61.3 Å². The van der Waals surface area contributed by atoms with Gasteiger partial charge in [-0.3, -0.25) is 9.59 Å². The van der Waals surface area contributed by atoms with Gasteiger partial charge in [0, 0.05) is 7.05 Å². The van der Waals surface area contributed by atoms with Crippen LogP contribution >= 0.6 is 0 Å². The number of nitrogens with two attached hydrogens (primary N) is 1. The topological polar surface area (TPSA) is 72.2 Å². The van der Waals surface area contributed by atoms with Crippen molar-refractivity contribution in [3.8, 4) is 0 Å². The zero-order valence-corrected chi connectivity index (χ0v) is 13.9. The first-order chi connectivity index (χ1) is 8.67. The Morgan fingerprint density at radius 1 is 1.11 bits per heavy atom. The molecule has 2 amide bonds. The van der Waals surface area contributed by atoms with Crippen LogP contribution in [0.15, 0.2) is 0 Å². The second-order valence-corrected chi connectivity index (χ2v) is 5.64. The Balaban J connectivity index is 0. The molecule has 4 nitrogen and oxygen atoms in total. The second-order valence-electron chi connectivity index (χ2n) is 5.64. The van der Waals surface area contributed by atoms with Gasteiger partial charge in [-0.25, -0.2) is 0 Å². The van der Waals surface area contributed by atoms with Gasteiger partial charge in [-0.15, -0.1) is 0 Å². The standard InChI is InChI=1S/C13H26N2O2.C2H6/c1-7-13(8-2,11(14)17)9(10(16)15-6)12(3,4)5;1-2/h9H,7-8H2,1-6H3,(H2,14,17)(H,15,16);1-2H3. The maximum atomic E-state index is 12.1. The number of hydrogen-bond donors (Lipinski definition) is 2. The Morgan fingerprint density at radius 2 is 1.47 bits per heavy atom. The van der Waals surface area contributed by atoms with Crippen LogP contribution in [0.25, 0.3) is 0 Å². The van der Waals surface area contributed by atoms with E-state index in [1.807, 2.05) is 48.5 Å². The third-order valence-electron chi connectivity index (χ3n) is 3.68. The molecule has 3 N–H and O–H groups in total. The molecule has 0 aliphatic rings. The number of carbonyl (C=O) groups is 2. The van der Waals surface area contributed by atoms with E-state index in [0.29, 0.717) is 12.8 Å². The van der Waals surface area contributed by atoms with E-state index in [1.54, 1.807) is 7.05 Å². The van der Waals surface area contributed by atoms with Crippen LogP contribution in [0.5, 0.6) is 0 Å². The minimum atomic E-state index is -0.766. The zero-order valence-electron chi connectivity index (χ0n) is 13.9. The lowest BCUT2D eigenvalue weighted by molar-refractivity contribution is -0.146. The number of rotatable bonds is 5. The van der Waals surface area contributed by atoms with Gasteiger partial charge in [0.25, 0.3) is 0 Å². The number of nitrogens with one attached hydrogen (secondary N) is 1. The minimum Gasteiger partial charge on any atom is -0.369 e. The molecule has 1 unspecified atom stereocenters. The van der Waals surface area contributed by atoms with E-state index >= 15 is 0 Å². The van der Waals surface area contributed by atoms with Gasteiger partial charge >= 0.3 is 0 Å². The van der Waals surface area contributed by atoms with E-state index in [1.165, 1.54) is 0 Å². The molecule has 0 aliphatic carbocycles. The summed E-state index contributed by atoms with van der Waals surface area (Å²) in [6.45, 7) is 13.7. The molecule has 0 radical (unpaired) electrons. The van der Waals surface area contributed by atoms with Crippen molar-refractivity contribution in [3.63, 3.8) is 0 Å². The van der Waals surface area contributed by atoms with E-state index in [-0.39, 0.29) is 17.2 Å². The quantitative estimate of drug-likeness (QED) is 0.807. The Hall–Kier alpha value is -1.06. The molecule has 19 heavy (non-hydrogen) atoms. The smallest absolute Gasteiger partial charge is 0.224 e. The van der Waals surface area contributed by atoms with Gasteiger partial charge in [-0.05, 0) is 18.3 Å². The van der Waals surface area contributed by atoms with Crippen molar-refractivity contribution in [2.24, 2.45) is 22.5 Å². The Labute approximate surface area is 118 Å². The molecule has 0 heterocycles. The molecular weight excluding hydrogens is 240 g/mol. The summed E-state index contributed by atoms with van der Waals surface area (Å²) in [7, 11) is 1.60. The predicted octanol–water partition coefficient (Wildman–Crippen LogP) is 2.71. The van der Waals surface area contributed by atoms with Crippen LogP contribution in [-0.2, 0) is 9.59 Å². The Bertz CT molecular complexity index is 289. The third kappa shape index (κ3) is 4.51. The fraction of sp³-hybridized carbons (Fsp3) is 0.867. The maximum Gasteiger partial charge on any atom is 0.224 e. The lowest BCUT2D eigenvalue weighted by atomic mass is 9.60. The van der Waals surface area contributed by atoms with Crippen LogP contribution in [0.2, 0.25) is 0 Å². The average Bonchev–Trinajstić information content (AvgIpc) is 2.35. The van der Waals surface area contributed by atoms with Crippen LogP contribution in [0.4, 0.5) is 0 Å². The fourth-order valence-corrected chi connectivity index (χ4v) is 2.77. The summed E-state index contributed by atoms with van der Waals surface area (Å²) in [5, 5.41) is 2.65. The van der Waals surface area contributed by atoms with Crippen LogP contribution in [0.1, 0.15) is 61.3 Å². The summed E-state index contributed by atoms with van der Waals surface area (Å²) < 4.78 is 0. The van der Waals surface area contributed by atoms with E-state index in [0.717, 1.165) is 0 Å². The minimum absolute atomic E-state index is 0.111. The molecule has 0 aromatic carbocycles. The van der Waals surface area contributed by atoms with Gasteiger partial charge in [0.05, 0.1) is 11.3 Å². The number of amides is 2. The summed E-state index contributed by atoms with van der Waals surface area (Å²) in [6.07, 6.45) is 1.16. The highest BCUT2D eigenvalue weighted by atomic mass is 16.2. The van der Waals surface area contributed by atoms with E-state index in [4.69, 9.17) is 5.73 Å². The molecule has 0 fully saturated rings. The largest absolute Gasteiger partial charge is 0.369 e. The van der Waals surface area contributed by atoms with Crippen LogP contribution in [0.3, 0.4) is 0 Å². The van der Waals surface area contributed by atoms with Crippen molar-refractivity contribution in [3.05, 3.63) is 0 Å². The number of carbonyl (C=O) groups excluding carboxylic acids is 2. The first kappa shape index (κ1) is 20.3. The summed E-state index contributed by atoms with van der Waals surface area (Å²) in [5.74, 6) is -0.904. The Morgan fingerprint density at radius 3 is 1.63 bits per heavy atom. The first-order valence-corrected chi connectivity index (χ1v) is 7.18. The molecule has 0 rings (SSSR count). The highest BCUT2D eigenvalue weighted by Gasteiger charge is 2.50. The molecule has 1 atom stereocenters. The summed E-state index contributed by atoms with van der Waals surface area (Å²) in [6, 6.07) is 0. The highest BCUT2D eigenvalue weighted by Crippen LogP contribution is 2.45. The summed E-state index contributed by atoms with van der Waals surface area (Å²) in [5.41, 5.74) is 4.49. The predicted molar refractivity (Wildman–Crippen MR) is 80.6 cm³/mol. The normalized spacial score (nSPS) is 13.1. The van der Waals surface area contributed by atoms with Crippen LogP contribution in [0, 0.1) is 16.7 Å². The van der Waals surface area contributed by atoms with Crippen LogP contribution < -0.4 is 11.1 Å². The van der Waals surface area contributed by atoms with Gasteiger partial charge in [-0.2, -0.15) is 0 Å². The monoisotopic (exact) mass is 272 g/mol. The zero-order chi connectivity index (χ0) is 15.9. The van der Waals surface area contributed by atoms with E-state index in [9.17, 15) is 9.59 Å². The molecule has 0 spiro atoms. The molecule has 0 saturated carbocycles. The highest BCUT2D eigenvalue weighted by molar-refractivity contribution is 5.90. The first-order valence-electron chi connectivity index (χ1n) is 7.18. The number of hydrogen-bond acceptors (Lipinski definition) is 2. The van der Waals surface area contributed by atoms with E-state index in [2.05, 4.69) is 5.32 Å². The molecule has 0 bridgehead atoms. The molecule has 0 aromatic rings. The number of primary amides is 1. The van der Waals surface area contributed by atoms with Crippen molar-refractivity contribution >= 4 is 11.8 Å². The SMILES string of the molecule is CC.CCC(CC)(C(N)=O)C(C(=O)NC)C(C)(C)C. The van der Waals surface area contributed by atoms with Crippen molar-refractivity contribution < 1.29 is 9.59 Å². The van der Waals surface area contributed by atoms with Crippen molar-refractivity contribution in [1.82, 2.24) is 5.32 Å². The molecule has 0 aromatic heterocycles. The van der Waals surface area contributed by atoms with Crippen molar-refractivity contribution in [1.29, 1.82) is 0 Å². The van der Waals surface area contributed by atoms with Gasteiger partial charge in [-0.1, -0.05) is 48.5 Å². The molecule has 114 valence electrons. The van der Waals surface area contributed by atoms with Gasteiger partial charge in [0.1, 0.15) is 0 Å².